The molecule has 1 aliphatic rings. The first-order chi connectivity index (χ1) is 10.4. The van der Waals surface area contributed by atoms with Gasteiger partial charge in [0.05, 0.1) is 11.7 Å². The van der Waals surface area contributed by atoms with E-state index in [0.717, 1.165) is 0 Å². The Morgan fingerprint density at radius 2 is 2.09 bits per heavy atom. The predicted molar refractivity (Wildman–Crippen MR) is 83.1 cm³/mol. The van der Waals surface area contributed by atoms with Gasteiger partial charge in [-0.1, -0.05) is 11.6 Å². The van der Waals surface area contributed by atoms with Gasteiger partial charge in [0, 0.05) is 22.5 Å². The van der Waals surface area contributed by atoms with Crippen molar-refractivity contribution in [2.75, 3.05) is 5.32 Å². The van der Waals surface area contributed by atoms with Gasteiger partial charge >= 0.3 is 0 Å². The molecule has 22 heavy (non-hydrogen) atoms. The number of hydrogen-bond donors (Lipinski definition) is 2. The molecule has 1 amide bonds. The van der Waals surface area contributed by atoms with Crippen LogP contribution in [0.4, 0.5) is 5.69 Å². The molecule has 0 radical (unpaired) electrons. The summed E-state index contributed by atoms with van der Waals surface area (Å²) in [5, 5.41) is 14.2. The fraction of sp³-hybridized carbons (Fsp3) is 0.250. The lowest BCUT2D eigenvalue weighted by molar-refractivity contribution is -0.129. The lowest BCUT2D eigenvalue weighted by Gasteiger charge is -2.24. The van der Waals surface area contributed by atoms with Gasteiger partial charge in [-0.3, -0.25) is 4.79 Å². The van der Waals surface area contributed by atoms with Crippen LogP contribution in [0.1, 0.15) is 25.0 Å². The second-order valence-corrected chi connectivity index (χ2v) is 5.81. The number of hydrogen-bond acceptors (Lipinski definition) is 4. The Bertz CT molecular complexity index is 748. The quantitative estimate of drug-likeness (QED) is 0.912. The second-order valence-electron chi connectivity index (χ2n) is 5.38. The maximum absolute atomic E-state index is 12.4. The van der Waals surface area contributed by atoms with Crippen LogP contribution in [-0.2, 0) is 10.4 Å². The van der Waals surface area contributed by atoms with Gasteiger partial charge in [-0.25, -0.2) is 4.98 Å². The summed E-state index contributed by atoms with van der Waals surface area (Å²) >= 11 is 6.01. The molecule has 1 atom stereocenters. The van der Waals surface area contributed by atoms with Crippen molar-refractivity contribution in [1.82, 2.24) is 4.98 Å². The van der Waals surface area contributed by atoms with Crippen LogP contribution in [0.2, 0.25) is 5.02 Å². The molecule has 6 heteroatoms. The Kier molecular flexibility index (Phi) is 3.54. The van der Waals surface area contributed by atoms with Gasteiger partial charge in [-0.05, 0) is 44.2 Å². The first kappa shape index (κ1) is 14.8. The maximum Gasteiger partial charge on any atom is 0.266 e. The molecule has 0 bridgehead atoms. The average molecular weight is 319 g/mol. The molecule has 1 aliphatic heterocycles. The summed E-state index contributed by atoms with van der Waals surface area (Å²) in [5.41, 5.74) is -0.663. The van der Waals surface area contributed by atoms with Gasteiger partial charge in [0.2, 0.25) is 11.5 Å². The van der Waals surface area contributed by atoms with Crippen molar-refractivity contribution < 1.29 is 14.6 Å². The van der Waals surface area contributed by atoms with Gasteiger partial charge in [0.25, 0.3) is 5.91 Å². The number of carbonyl (C=O) groups excluding carboxylic acids is 1. The van der Waals surface area contributed by atoms with E-state index in [-0.39, 0.29) is 12.0 Å². The van der Waals surface area contributed by atoms with Gasteiger partial charge < -0.3 is 15.2 Å². The number of aromatic nitrogens is 1. The summed E-state index contributed by atoms with van der Waals surface area (Å²) in [6.07, 6.45) is 1.41. The molecule has 2 N–H and O–H groups in total. The molecule has 1 unspecified atom stereocenters. The monoisotopic (exact) mass is 318 g/mol. The Hall–Kier alpha value is -2.11. The first-order valence-corrected chi connectivity index (χ1v) is 7.26. The number of fused-ring (bicyclic) bond motifs is 1. The fourth-order valence-corrected chi connectivity index (χ4v) is 2.68. The molecule has 0 saturated heterocycles. The lowest BCUT2D eigenvalue weighted by atomic mass is 9.88. The number of ether oxygens (including phenoxy) is 1. The molecule has 0 saturated carbocycles. The fourth-order valence-electron chi connectivity index (χ4n) is 2.51. The highest BCUT2D eigenvalue weighted by Gasteiger charge is 2.49. The van der Waals surface area contributed by atoms with E-state index < -0.39 is 11.5 Å². The van der Waals surface area contributed by atoms with Gasteiger partial charge in [0.1, 0.15) is 0 Å². The average Bonchev–Trinajstić information content (AvgIpc) is 2.72. The third-order valence-corrected chi connectivity index (χ3v) is 3.69. The van der Waals surface area contributed by atoms with E-state index in [9.17, 15) is 9.90 Å². The van der Waals surface area contributed by atoms with Gasteiger partial charge in [-0.15, -0.1) is 0 Å². The number of benzene rings is 1. The minimum atomic E-state index is -1.88. The summed E-state index contributed by atoms with van der Waals surface area (Å²) in [7, 11) is 0. The third kappa shape index (κ3) is 2.23. The van der Waals surface area contributed by atoms with E-state index in [1.54, 1.807) is 36.5 Å². The zero-order valence-electron chi connectivity index (χ0n) is 12.1. The molecule has 0 aliphatic carbocycles. The van der Waals surface area contributed by atoms with Crippen molar-refractivity contribution in [3.05, 3.63) is 52.7 Å². The molecule has 1 aromatic heterocycles. The van der Waals surface area contributed by atoms with E-state index in [0.29, 0.717) is 21.8 Å². The summed E-state index contributed by atoms with van der Waals surface area (Å²) in [6.45, 7) is 3.70. The number of carbonyl (C=O) groups is 1. The molecule has 1 aromatic carbocycles. The molecular formula is C16H15ClN2O3. The number of anilines is 1. The Morgan fingerprint density at radius 3 is 2.82 bits per heavy atom. The molecule has 2 aromatic rings. The van der Waals surface area contributed by atoms with Crippen LogP contribution in [-0.4, -0.2) is 22.1 Å². The van der Waals surface area contributed by atoms with Gasteiger partial charge in [0.15, 0.2) is 0 Å². The zero-order valence-corrected chi connectivity index (χ0v) is 12.9. The number of aliphatic hydroxyl groups is 1. The summed E-state index contributed by atoms with van der Waals surface area (Å²) in [6, 6.07) is 8.16. The summed E-state index contributed by atoms with van der Waals surface area (Å²) in [4.78, 5) is 16.6. The van der Waals surface area contributed by atoms with Crippen molar-refractivity contribution in [2.24, 2.45) is 0 Å². The normalized spacial score (nSPS) is 20.0. The van der Waals surface area contributed by atoms with Crippen molar-refractivity contribution in [3.8, 4) is 5.88 Å². The molecule has 0 fully saturated rings. The Balaban J connectivity index is 2.20. The highest BCUT2D eigenvalue weighted by molar-refractivity contribution is 6.31. The highest BCUT2D eigenvalue weighted by Crippen LogP contribution is 2.44. The summed E-state index contributed by atoms with van der Waals surface area (Å²) < 4.78 is 5.63. The summed E-state index contributed by atoms with van der Waals surface area (Å²) in [5.74, 6) is -0.325. The minimum Gasteiger partial charge on any atom is -0.475 e. The van der Waals surface area contributed by atoms with E-state index in [1.807, 2.05) is 13.8 Å². The highest BCUT2D eigenvalue weighted by atomic mass is 35.5. The number of pyridine rings is 1. The van der Waals surface area contributed by atoms with Crippen LogP contribution < -0.4 is 10.1 Å². The van der Waals surface area contributed by atoms with Crippen molar-refractivity contribution in [3.63, 3.8) is 0 Å². The molecule has 2 heterocycles. The van der Waals surface area contributed by atoms with Crippen molar-refractivity contribution >= 4 is 23.2 Å². The minimum absolute atomic E-state index is 0.138. The molecule has 0 spiro atoms. The van der Waals surface area contributed by atoms with E-state index in [2.05, 4.69) is 10.3 Å². The van der Waals surface area contributed by atoms with Crippen LogP contribution in [0.15, 0.2) is 36.5 Å². The van der Waals surface area contributed by atoms with Crippen molar-refractivity contribution in [2.45, 2.75) is 25.6 Å². The van der Waals surface area contributed by atoms with Crippen LogP contribution in [0.5, 0.6) is 5.88 Å². The zero-order chi connectivity index (χ0) is 15.9. The van der Waals surface area contributed by atoms with Crippen molar-refractivity contribution in [1.29, 1.82) is 0 Å². The van der Waals surface area contributed by atoms with Crippen LogP contribution in [0, 0.1) is 0 Å². The molecule has 5 nitrogen and oxygen atoms in total. The number of rotatable bonds is 3. The van der Waals surface area contributed by atoms with Crippen LogP contribution >= 0.6 is 11.6 Å². The molecule has 114 valence electrons. The van der Waals surface area contributed by atoms with E-state index >= 15 is 0 Å². The second kappa shape index (κ2) is 5.26. The SMILES string of the molecule is CC(C)Oc1ncccc1C1(O)C(=O)Nc2ccc(Cl)cc21. The topological polar surface area (TPSA) is 71.5 Å². The maximum atomic E-state index is 12.4. The smallest absolute Gasteiger partial charge is 0.266 e. The third-order valence-electron chi connectivity index (χ3n) is 3.46. The largest absolute Gasteiger partial charge is 0.475 e. The Morgan fingerprint density at radius 1 is 1.32 bits per heavy atom. The number of nitrogens with zero attached hydrogens (tertiary/aromatic N) is 1. The lowest BCUT2D eigenvalue weighted by Crippen LogP contribution is -2.36. The van der Waals surface area contributed by atoms with Gasteiger partial charge in [-0.2, -0.15) is 0 Å². The van der Waals surface area contributed by atoms with Crippen LogP contribution in [0.3, 0.4) is 0 Å². The standard InChI is InChI=1S/C16H15ClN2O3/c1-9(2)22-14-11(4-3-7-18-14)16(21)12-8-10(17)5-6-13(12)19-15(16)20/h3-9,21H,1-2H3,(H,19,20). The predicted octanol–water partition coefficient (Wildman–Crippen LogP) is 2.71. The molecule has 3 rings (SSSR count). The first-order valence-electron chi connectivity index (χ1n) is 6.89. The number of amides is 1. The van der Waals surface area contributed by atoms with Crippen LogP contribution in [0.25, 0.3) is 0 Å². The number of halogens is 1. The Labute approximate surface area is 132 Å². The molecular weight excluding hydrogens is 304 g/mol. The van der Waals surface area contributed by atoms with E-state index in [4.69, 9.17) is 16.3 Å². The number of nitrogens with one attached hydrogen (secondary N) is 1. The van der Waals surface area contributed by atoms with E-state index in [1.165, 1.54) is 0 Å².